The van der Waals surface area contributed by atoms with Gasteiger partial charge < -0.3 is 10.2 Å². The van der Waals surface area contributed by atoms with E-state index in [-0.39, 0.29) is 5.41 Å². The number of benzene rings is 2. The van der Waals surface area contributed by atoms with Crippen molar-refractivity contribution in [1.29, 1.82) is 0 Å². The molecule has 1 saturated carbocycles. The van der Waals surface area contributed by atoms with Crippen LogP contribution in [0.1, 0.15) is 94.6 Å². The quantitative estimate of drug-likeness (QED) is 0.567. The molecule has 0 heterocycles. The largest absolute Gasteiger partial charge is 0.508 e. The maximum atomic E-state index is 9.82. The topological polar surface area (TPSA) is 40.5 Å². The molecule has 0 bridgehead atoms. The minimum Gasteiger partial charge on any atom is -0.508 e. The van der Waals surface area contributed by atoms with E-state index in [1.165, 1.54) is 81.8 Å². The molecular weight excluding hydrogens is 344 g/mol. The van der Waals surface area contributed by atoms with Crippen molar-refractivity contribution in [3.8, 4) is 11.5 Å². The van der Waals surface area contributed by atoms with E-state index < -0.39 is 0 Å². The Bertz CT molecular complexity index is 626. The Kier molecular flexibility index (Phi) is 7.82. The van der Waals surface area contributed by atoms with Crippen molar-refractivity contribution >= 4 is 0 Å². The lowest BCUT2D eigenvalue weighted by Gasteiger charge is -2.36. The Labute approximate surface area is 170 Å². The molecule has 3 rings (SSSR count). The van der Waals surface area contributed by atoms with E-state index in [9.17, 15) is 10.2 Å². The molecule has 2 N–H and O–H groups in total. The molecule has 28 heavy (non-hydrogen) atoms. The first kappa shape index (κ1) is 20.8. The number of hydrogen-bond acceptors (Lipinski definition) is 2. The van der Waals surface area contributed by atoms with Crippen LogP contribution >= 0.6 is 0 Å². The van der Waals surface area contributed by atoms with E-state index in [4.69, 9.17) is 0 Å². The van der Waals surface area contributed by atoms with Crippen molar-refractivity contribution in [1.82, 2.24) is 0 Å². The maximum absolute atomic E-state index is 9.82. The van der Waals surface area contributed by atoms with Crippen LogP contribution in [0.4, 0.5) is 0 Å². The normalized spacial score (nSPS) is 19.6. The van der Waals surface area contributed by atoms with Gasteiger partial charge in [-0.05, 0) is 48.2 Å². The molecule has 1 aliphatic rings. The second-order valence-electron chi connectivity index (χ2n) is 8.56. The second-order valence-corrected chi connectivity index (χ2v) is 8.56. The Morgan fingerprint density at radius 2 is 0.714 bits per heavy atom. The van der Waals surface area contributed by atoms with Gasteiger partial charge in [0.05, 0.1) is 0 Å². The van der Waals surface area contributed by atoms with E-state index in [0.717, 1.165) is 12.8 Å². The van der Waals surface area contributed by atoms with Gasteiger partial charge >= 0.3 is 0 Å². The zero-order valence-corrected chi connectivity index (χ0v) is 17.2. The third kappa shape index (κ3) is 5.53. The predicted octanol–water partition coefficient (Wildman–Crippen LogP) is 7.47. The lowest BCUT2D eigenvalue weighted by Crippen LogP contribution is -2.28. The SMILES string of the molecule is Oc1ccc(C2(c3ccc(O)cc3)CCCCCCCCCCCCC2)cc1. The van der Waals surface area contributed by atoms with Gasteiger partial charge in [0.1, 0.15) is 11.5 Å². The van der Waals surface area contributed by atoms with E-state index in [1.54, 1.807) is 0 Å². The Morgan fingerprint density at radius 1 is 0.429 bits per heavy atom. The monoisotopic (exact) mass is 380 g/mol. The molecule has 1 aliphatic carbocycles. The van der Waals surface area contributed by atoms with Gasteiger partial charge in [0.25, 0.3) is 0 Å². The first-order valence-corrected chi connectivity index (χ1v) is 11.3. The summed E-state index contributed by atoms with van der Waals surface area (Å²) in [6.07, 6.45) is 16.9. The summed E-state index contributed by atoms with van der Waals surface area (Å²) in [7, 11) is 0. The molecule has 1 fully saturated rings. The molecule has 2 aromatic rings. The van der Waals surface area contributed by atoms with Crippen molar-refractivity contribution in [2.75, 3.05) is 0 Å². The van der Waals surface area contributed by atoms with E-state index >= 15 is 0 Å². The molecule has 0 amide bonds. The van der Waals surface area contributed by atoms with E-state index in [1.807, 2.05) is 24.3 Å². The number of hydrogen-bond donors (Lipinski definition) is 2. The van der Waals surface area contributed by atoms with Crippen LogP contribution in [0.2, 0.25) is 0 Å². The van der Waals surface area contributed by atoms with Gasteiger partial charge in [-0.25, -0.2) is 0 Å². The van der Waals surface area contributed by atoms with Crippen LogP contribution in [-0.2, 0) is 5.41 Å². The molecule has 152 valence electrons. The minimum atomic E-state index is -0.0362. The Morgan fingerprint density at radius 3 is 1.04 bits per heavy atom. The molecule has 2 nitrogen and oxygen atoms in total. The highest BCUT2D eigenvalue weighted by molar-refractivity contribution is 5.43. The fourth-order valence-corrected chi connectivity index (χ4v) is 4.87. The molecule has 0 unspecified atom stereocenters. The van der Waals surface area contributed by atoms with Crippen molar-refractivity contribution in [2.24, 2.45) is 0 Å². The highest BCUT2D eigenvalue weighted by Crippen LogP contribution is 2.43. The first-order chi connectivity index (χ1) is 13.7. The van der Waals surface area contributed by atoms with Gasteiger partial charge in [0, 0.05) is 5.41 Å². The van der Waals surface area contributed by atoms with Crippen LogP contribution < -0.4 is 0 Å². The minimum absolute atomic E-state index is 0.0362. The third-order valence-corrected chi connectivity index (χ3v) is 6.55. The zero-order chi connectivity index (χ0) is 19.7. The number of aromatic hydroxyl groups is 2. The van der Waals surface area contributed by atoms with Crippen molar-refractivity contribution in [3.05, 3.63) is 59.7 Å². The second kappa shape index (κ2) is 10.5. The molecule has 0 saturated heterocycles. The van der Waals surface area contributed by atoms with Crippen molar-refractivity contribution in [3.63, 3.8) is 0 Å². The molecule has 0 radical (unpaired) electrons. The number of phenols is 2. The summed E-state index contributed by atoms with van der Waals surface area (Å²) >= 11 is 0. The summed E-state index contributed by atoms with van der Waals surface area (Å²) in [6, 6.07) is 15.7. The molecule has 2 heteroatoms. The summed E-state index contributed by atoms with van der Waals surface area (Å²) in [5.74, 6) is 0.649. The lowest BCUT2D eigenvalue weighted by atomic mass is 9.67. The van der Waals surface area contributed by atoms with Crippen LogP contribution in [0.25, 0.3) is 0 Å². The maximum Gasteiger partial charge on any atom is 0.115 e. The molecule has 0 aromatic heterocycles. The smallest absolute Gasteiger partial charge is 0.115 e. The van der Waals surface area contributed by atoms with Gasteiger partial charge in [-0.1, -0.05) is 94.9 Å². The standard InChI is InChI=1S/C26H36O2/c27-24-16-12-22(13-17-24)26(23-14-18-25(28)19-15-23)20-10-8-6-4-2-1-3-5-7-9-11-21-26/h12-19,27-28H,1-11,20-21H2. The van der Waals surface area contributed by atoms with Gasteiger partial charge in [0.2, 0.25) is 0 Å². The van der Waals surface area contributed by atoms with Crippen molar-refractivity contribution in [2.45, 2.75) is 88.9 Å². The average Bonchev–Trinajstić information content (AvgIpc) is 2.71. The number of rotatable bonds is 2. The van der Waals surface area contributed by atoms with Crippen LogP contribution in [0.5, 0.6) is 11.5 Å². The van der Waals surface area contributed by atoms with Crippen LogP contribution in [-0.4, -0.2) is 10.2 Å². The van der Waals surface area contributed by atoms with Crippen LogP contribution in [0.3, 0.4) is 0 Å². The molecule has 0 aliphatic heterocycles. The highest BCUT2D eigenvalue weighted by atomic mass is 16.3. The predicted molar refractivity (Wildman–Crippen MR) is 117 cm³/mol. The third-order valence-electron chi connectivity index (χ3n) is 6.55. The van der Waals surface area contributed by atoms with Crippen molar-refractivity contribution < 1.29 is 10.2 Å². The lowest BCUT2D eigenvalue weighted by molar-refractivity contribution is 0.384. The van der Waals surface area contributed by atoms with E-state index in [0.29, 0.717) is 11.5 Å². The molecule has 0 atom stereocenters. The average molecular weight is 381 g/mol. The van der Waals surface area contributed by atoms with Crippen LogP contribution in [0, 0.1) is 0 Å². The summed E-state index contributed by atoms with van der Waals surface area (Å²) in [5.41, 5.74) is 2.55. The van der Waals surface area contributed by atoms with Gasteiger partial charge in [-0.3, -0.25) is 0 Å². The highest BCUT2D eigenvalue weighted by Gasteiger charge is 2.33. The molecule has 0 spiro atoms. The summed E-state index contributed by atoms with van der Waals surface area (Å²) in [6.45, 7) is 0. The van der Waals surface area contributed by atoms with Gasteiger partial charge in [-0.2, -0.15) is 0 Å². The van der Waals surface area contributed by atoms with Gasteiger partial charge in [-0.15, -0.1) is 0 Å². The number of phenolic OH excluding ortho intramolecular Hbond substituents is 2. The summed E-state index contributed by atoms with van der Waals surface area (Å²) < 4.78 is 0. The molecule has 2 aromatic carbocycles. The first-order valence-electron chi connectivity index (χ1n) is 11.3. The summed E-state index contributed by atoms with van der Waals surface area (Å²) in [5, 5.41) is 19.6. The Hall–Kier alpha value is -1.96. The molecular formula is C26H36O2. The fourth-order valence-electron chi connectivity index (χ4n) is 4.87. The Balaban J connectivity index is 1.91. The zero-order valence-electron chi connectivity index (χ0n) is 17.2. The summed E-state index contributed by atoms with van der Waals surface area (Å²) in [4.78, 5) is 0. The fraction of sp³-hybridized carbons (Fsp3) is 0.538. The van der Waals surface area contributed by atoms with Gasteiger partial charge in [0.15, 0.2) is 0 Å². The van der Waals surface area contributed by atoms with Crippen LogP contribution in [0.15, 0.2) is 48.5 Å². The van der Waals surface area contributed by atoms with E-state index in [2.05, 4.69) is 24.3 Å².